The van der Waals surface area contributed by atoms with E-state index in [0.29, 0.717) is 0 Å². The zero-order valence-corrected chi connectivity index (χ0v) is 11.4. The van der Waals surface area contributed by atoms with Crippen LogP contribution in [0.15, 0.2) is 48.5 Å². The molecule has 1 atom stereocenters. The van der Waals surface area contributed by atoms with E-state index in [1.165, 1.54) is 5.39 Å². The zero-order chi connectivity index (χ0) is 13.4. The van der Waals surface area contributed by atoms with Crippen molar-refractivity contribution in [2.24, 2.45) is 5.73 Å². The highest BCUT2D eigenvalue weighted by atomic mass is 35.5. The van der Waals surface area contributed by atoms with Crippen molar-refractivity contribution in [3.05, 3.63) is 70.4 Å². The minimum atomic E-state index is -0.145. The third-order valence-corrected chi connectivity index (χ3v) is 3.74. The number of fused-ring (bicyclic) bond motifs is 1. The third-order valence-electron chi connectivity index (χ3n) is 3.48. The van der Waals surface area contributed by atoms with Crippen LogP contribution >= 0.6 is 11.6 Å². The number of hydrogen-bond donors (Lipinski definition) is 2. The summed E-state index contributed by atoms with van der Waals surface area (Å²) in [5.74, 6) is 0. The number of halogens is 1. The van der Waals surface area contributed by atoms with Crippen LogP contribution in [0.2, 0.25) is 5.02 Å². The summed E-state index contributed by atoms with van der Waals surface area (Å²) in [5, 5.41) is 1.91. The van der Waals surface area contributed by atoms with Gasteiger partial charge in [0.05, 0.1) is 6.04 Å². The van der Waals surface area contributed by atoms with Crippen molar-refractivity contribution in [3.8, 4) is 0 Å². The van der Waals surface area contributed by atoms with Crippen LogP contribution in [0.4, 0.5) is 0 Å². The van der Waals surface area contributed by atoms with Crippen LogP contribution in [0.5, 0.6) is 0 Å². The molecule has 0 aliphatic carbocycles. The van der Waals surface area contributed by atoms with Gasteiger partial charge in [0, 0.05) is 27.2 Å². The molecule has 0 amide bonds. The monoisotopic (exact) mass is 270 g/mol. The number of aromatic nitrogens is 1. The van der Waals surface area contributed by atoms with Crippen LogP contribution in [0.1, 0.15) is 22.9 Å². The van der Waals surface area contributed by atoms with Crippen LogP contribution in [-0.4, -0.2) is 4.98 Å². The Balaban J connectivity index is 2.13. The quantitative estimate of drug-likeness (QED) is 0.721. The first-order valence-corrected chi connectivity index (χ1v) is 6.63. The van der Waals surface area contributed by atoms with E-state index in [1.54, 1.807) is 0 Å². The lowest BCUT2D eigenvalue weighted by Gasteiger charge is -2.13. The van der Waals surface area contributed by atoms with Crippen molar-refractivity contribution < 1.29 is 0 Å². The molecule has 0 radical (unpaired) electrons. The predicted molar refractivity (Wildman–Crippen MR) is 80.5 cm³/mol. The van der Waals surface area contributed by atoms with E-state index in [1.807, 2.05) is 36.4 Å². The number of aryl methyl sites for hydroxylation is 1. The molecule has 0 aliphatic heterocycles. The molecule has 3 heteroatoms. The molecule has 1 aromatic heterocycles. The molecule has 1 unspecified atom stereocenters. The van der Waals surface area contributed by atoms with Gasteiger partial charge in [-0.3, -0.25) is 0 Å². The van der Waals surface area contributed by atoms with Crippen molar-refractivity contribution in [3.63, 3.8) is 0 Å². The Morgan fingerprint density at radius 1 is 1.05 bits per heavy atom. The van der Waals surface area contributed by atoms with E-state index in [0.717, 1.165) is 27.4 Å². The summed E-state index contributed by atoms with van der Waals surface area (Å²) in [5.41, 5.74) is 10.9. The molecule has 0 saturated heterocycles. The Labute approximate surface area is 117 Å². The topological polar surface area (TPSA) is 41.8 Å². The SMILES string of the molecule is Cc1[nH]c2ccccc2c1C(N)c1ccc(Cl)cc1. The standard InChI is InChI=1S/C16H15ClN2/c1-10-15(13-4-2-3-5-14(13)19-10)16(18)11-6-8-12(17)9-7-11/h2-9,16,19H,18H2,1H3. The molecular weight excluding hydrogens is 256 g/mol. The molecule has 2 nitrogen and oxygen atoms in total. The van der Waals surface area contributed by atoms with Crippen molar-refractivity contribution in [2.75, 3.05) is 0 Å². The van der Waals surface area contributed by atoms with Crippen LogP contribution in [-0.2, 0) is 0 Å². The predicted octanol–water partition coefficient (Wildman–Crippen LogP) is 4.18. The van der Waals surface area contributed by atoms with Crippen molar-refractivity contribution in [2.45, 2.75) is 13.0 Å². The second kappa shape index (κ2) is 4.72. The first-order valence-electron chi connectivity index (χ1n) is 6.25. The Bertz CT molecular complexity index is 713. The van der Waals surface area contributed by atoms with Gasteiger partial charge in [0.25, 0.3) is 0 Å². The highest BCUT2D eigenvalue weighted by Crippen LogP contribution is 2.30. The number of rotatable bonds is 2. The fraction of sp³-hybridized carbons (Fsp3) is 0.125. The smallest absolute Gasteiger partial charge is 0.0575 e. The Morgan fingerprint density at radius 3 is 2.47 bits per heavy atom. The number of nitrogens with two attached hydrogens (primary N) is 1. The molecule has 0 spiro atoms. The number of nitrogens with one attached hydrogen (secondary N) is 1. The Kier molecular flexibility index (Phi) is 3.05. The van der Waals surface area contributed by atoms with E-state index < -0.39 is 0 Å². The van der Waals surface area contributed by atoms with E-state index >= 15 is 0 Å². The number of hydrogen-bond acceptors (Lipinski definition) is 1. The van der Waals surface area contributed by atoms with Gasteiger partial charge in [0.1, 0.15) is 0 Å². The maximum absolute atomic E-state index is 6.41. The third kappa shape index (κ3) is 2.14. The zero-order valence-electron chi connectivity index (χ0n) is 10.7. The number of H-pyrrole nitrogens is 1. The molecule has 3 aromatic rings. The van der Waals surface area contributed by atoms with Gasteiger partial charge in [0.2, 0.25) is 0 Å². The van der Waals surface area contributed by atoms with Crippen molar-refractivity contribution in [1.29, 1.82) is 0 Å². The minimum Gasteiger partial charge on any atom is -0.358 e. The summed E-state index contributed by atoms with van der Waals surface area (Å²) >= 11 is 5.92. The summed E-state index contributed by atoms with van der Waals surface area (Å²) in [6.45, 7) is 2.06. The largest absolute Gasteiger partial charge is 0.358 e. The Hall–Kier alpha value is -1.77. The van der Waals surface area contributed by atoms with Crippen molar-refractivity contribution in [1.82, 2.24) is 4.98 Å². The second-order valence-electron chi connectivity index (χ2n) is 4.74. The lowest BCUT2D eigenvalue weighted by atomic mass is 9.97. The average Bonchev–Trinajstić information content (AvgIpc) is 2.74. The first kappa shape index (κ1) is 12.3. The average molecular weight is 271 g/mol. The number of para-hydroxylation sites is 1. The molecule has 96 valence electrons. The van der Waals surface area contributed by atoms with Gasteiger partial charge in [-0.1, -0.05) is 41.9 Å². The van der Waals surface area contributed by atoms with Crippen LogP contribution in [0.3, 0.4) is 0 Å². The molecule has 19 heavy (non-hydrogen) atoms. The van der Waals surface area contributed by atoms with Crippen LogP contribution < -0.4 is 5.73 Å². The summed E-state index contributed by atoms with van der Waals surface area (Å²) in [6.07, 6.45) is 0. The highest BCUT2D eigenvalue weighted by Gasteiger charge is 2.16. The van der Waals surface area contributed by atoms with Crippen LogP contribution in [0, 0.1) is 6.92 Å². The Morgan fingerprint density at radius 2 is 1.74 bits per heavy atom. The van der Waals surface area contributed by atoms with E-state index in [2.05, 4.69) is 24.0 Å². The lowest BCUT2D eigenvalue weighted by molar-refractivity contribution is 0.868. The number of benzene rings is 2. The van der Waals surface area contributed by atoms with Gasteiger partial charge >= 0.3 is 0 Å². The fourth-order valence-corrected chi connectivity index (χ4v) is 2.66. The molecule has 0 aliphatic rings. The molecule has 0 bridgehead atoms. The highest BCUT2D eigenvalue weighted by molar-refractivity contribution is 6.30. The molecule has 3 rings (SSSR count). The van der Waals surface area contributed by atoms with E-state index in [9.17, 15) is 0 Å². The maximum atomic E-state index is 6.41. The maximum Gasteiger partial charge on any atom is 0.0575 e. The summed E-state index contributed by atoms with van der Waals surface area (Å²) in [4.78, 5) is 3.38. The minimum absolute atomic E-state index is 0.145. The van der Waals surface area contributed by atoms with Gasteiger partial charge in [0.15, 0.2) is 0 Å². The van der Waals surface area contributed by atoms with Crippen LogP contribution in [0.25, 0.3) is 10.9 Å². The van der Waals surface area contributed by atoms with Gasteiger partial charge in [-0.25, -0.2) is 0 Å². The van der Waals surface area contributed by atoms with Gasteiger partial charge in [-0.05, 0) is 30.7 Å². The second-order valence-corrected chi connectivity index (χ2v) is 5.17. The fourth-order valence-electron chi connectivity index (χ4n) is 2.54. The van der Waals surface area contributed by atoms with Gasteiger partial charge in [-0.15, -0.1) is 0 Å². The van der Waals surface area contributed by atoms with Gasteiger partial charge < -0.3 is 10.7 Å². The first-order chi connectivity index (χ1) is 9.16. The molecule has 1 heterocycles. The molecule has 0 fully saturated rings. The summed E-state index contributed by atoms with van der Waals surface area (Å²) < 4.78 is 0. The van der Waals surface area contributed by atoms with Gasteiger partial charge in [-0.2, -0.15) is 0 Å². The molecule has 3 N–H and O–H groups in total. The van der Waals surface area contributed by atoms with E-state index in [4.69, 9.17) is 17.3 Å². The van der Waals surface area contributed by atoms with Crippen molar-refractivity contribution >= 4 is 22.5 Å². The number of aromatic amines is 1. The molecule has 2 aromatic carbocycles. The molecule has 0 saturated carbocycles. The normalized spacial score (nSPS) is 12.8. The van der Waals surface area contributed by atoms with E-state index in [-0.39, 0.29) is 6.04 Å². The summed E-state index contributed by atoms with van der Waals surface area (Å²) in [6, 6.07) is 15.8. The summed E-state index contributed by atoms with van der Waals surface area (Å²) in [7, 11) is 0. The molecular formula is C16H15ClN2. The lowest BCUT2D eigenvalue weighted by Crippen LogP contribution is -2.12.